The van der Waals surface area contributed by atoms with Gasteiger partial charge in [-0.15, -0.1) is 0 Å². The van der Waals surface area contributed by atoms with Gasteiger partial charge in [-0.05, 0) is 32.5 Å². The molecule has 19 heavy (non-hydrogen) atoms. The van der Waals surface area contributed by atoms with E-state index in [-0.39, 0.29) is 11.8 Å². The minimum absolute atomic E-state index is 0.230. The summed E-state index contributed by atoms with van der Waals surface area (Å²) in [7, 11) is 0.414. The minimum Gasteiger partial charge on any atom is -0.320 e. The molecule has 8 heteroatoms. The van der Waals surface area contributed by atoms with Gasteiger partial charge in [-0.1, -0.05) is 12.5 Å². The lowest BCUT2D eigenvalue weighted by atomic mass is 10.2. The molecular formula is C11H18F5NOS. The van der Waals surface area contributed by atoms with E-state index in [0.717, 1.165) is 19.4 Å². The molecule has 114 valence electrons. The van der Waals surface area contributed by atoms with Gasteiger partial charge in [0.2, 0.25) is 0 Å². The Bertz CT molecular complexity index is 304. The Hall–Kier alpha value is -0.500. The zero-order valence-corrected chi connectivity index (χ0v) is 11.4. The molecule has 0 spiro atoms. The largest absolute Gasteiger partial charge is 0.457 e. The third-order valence-electron chi connectivity index (χ3n) is 2.29. The number of nitrogens with one attached hydrogen (secondary N) is 1. The van der Waals surface area contributed by atoms with Gasteiger partial charge >= 0.3 is 12.1 Å². The molecule has 0 aliphatic carbocycles. The lowest BCUT2D eigenvalue weighted by Gasteiger charge is -2.15. The summed E-state index contributed by atoms with van der Waals surface area (Å²) in [6.45, 7) is 0.838. The van der Waals surface area contributed by atoms with Crippen LogP contribution in [0, 0.1) is 0 Å². The molecule has 1 unspecified atom stereocenters. The van der Waals surface area contributed by atoms with Crippen LogP contribution in [0.15, 0.2) is 12.2 Å². The van der Waals surface area contributed by atoms with Crippen LogP contribution in [0.5, 0.6) is 0 Å². The number of rotatable bonds is 9. The maximum atomic E-state index is 12.5. The SMILES string of the molecule is CNCCCCCS(=O)C/C=C/C(F)(F)C(F)(F)F. The van der Waals surface area contributed by atoms with Crippen molar-refractivity contribution in [3.05, 3.63) is 12.2 Å². The summed E-state index contributed by atoms with van der Waals surface area (Å²) in [6, 6.07) is 0. The summed E-state index contributed by atoms with van der Waals surface area (Å²) in [5, 5.41) is 2.94. The van der Waals surface area contributed by atoms with Crippen molar-refractivity contribution in [1.82, 2.24) is 5.32 Å². The van der Waals surface area contributed by atoms with E-state index in [9.17, 15) is 26.2 Å². The topological polar surface area (TPSA) is 29.1 Å². The van der Waals surface area contributed by atoms with Gasteiger partial charge < -0.3 is 5.32 Å². The zero-order chi connectivity index (χ0) is 14.9. The first-order valence-electron chi connectivity index (χ1n) is 5.82. The molecule has 1 N–H and O–H groups in total. The predicted molar refractivity (Wildman–Crippen MR) is 65.8 cm³/mol. The van der Waals surface area contributed by atoms with Gasteiger partial charge in [-0.3, -0.25) is 4.21 Å². The van der Waals surface area contributed by atoms with Crippen molar-refractivity contribution in [2.24, 2.45) is 0 Å². The average molecular weight is 307 g/mol. The van der Waals surface area contributed by atoms with Crippen molar-refractivity contribution in [2.75, 3.05) is 25.1 Å². The van der Waals surface area contributed by atoms with E-state index >= 15 is 0 Å². The quantitative estimate of drug-likeness (QED) is 0.403. The molecule has 0 bridgehead atoms. The van der Waals surface area contributed by atoms with Crippen LogP contribution in [0.1, 0.15) is 19.3 Å². The summed E-state index contributed by atoms with van der Waals surface area (Å²) in [6.07, 6.45) is -2.77. The standard InChI is InChI=1S/C11H18F5NOS/c1-17-7-3-2-4-8-19(18)9-5-6-10(12,13)11(14,15)16/h5-6,17H,2-4,7-9H2,1H3/b6-5+. The summed E-state index contributed by atoms with van der Waals surface area (Å²) in [5.41, 5.74) is 0. The molecule has 0 rings (SSSR count). The van der Waals surface area contributed by atoms with E-state index in [1.807, 2.05) is 7.05 Å². The van der Waals surface area contributed by atoms with Crippen LogP contribution in [0.2, 0.25) is 0 Å². The zero-order valence-electron chi connectivity index (χ0n) is 10.6. The van der Waals surface area contributed by atoms with Crippen LogP contribution < -0.4 is 5.32 Å². The lowest BCUT2D eigenvalue weighted by Crippen LogP contribution is -2.34. The van der Waals surface area contributed by atoms with Crippen molar-refractivity contribution in [1.29, 1.82) is 0 Å². The summed E-state index contributed by atoms with van der Waals surface area (Å²) >= 11 is 0. The Kier molecular flexibility index (Phi) is 8.40. The molecule has 0 aliphatic rings. The first kappa shape index (κ1) is 18.5. The Balaban J connectivity index is 3.90. The molecule has 1 atom stereocenters. The molecule has 0 radical (unpaired) electrons. The van der Waals surface area contributed by atoms with Crippen molar-refractivity contribution >= 4 is 10.8 Å². The molecule has 0 aliphatic heterocycles. The second-order valence-corrected chi connectivity index (χ2v) is 5.62. The fraction of sp³-hybridized carbons (Fsp3) is 0.818. The van der Waals surface area contributed by atoms with Gasteiger partial charge in [0.05, 0.1) is 0 Å². The first-order chi connectivity index (χ1) is 8.70. The van der Waals surface area contributed by atoms with Crippen LogP contribution in [-0.2, 0) is 10.8 Å². The normalized spacial score (nSPS) is 15.1. The number of halogens is 5. The highest BCUT2D eigenvalue weighted by molar-refractivity contribution is 7.85. The molecule has 0 amide bonds. The smallest absolute Gasteiger partial charge is 0.320 e. The Morgan fingerprint density at radius 3 is 2.26 bits per heavy atom. The molecule has 2 nitrogen and oxygen atoms in total. The van der Waals surface area contributed by atoms with Gasteiger partial charge in [-0.25, -0.2) is 0 Å². The van der Waals surface area contributed by atoms with Crippen molar-refractivity contribution in [2.45, 2.75) is 31.4 Å². The van der Waals surface area contributed by atoms with E-state index in [2.05, 4.69) is 5.32 Å². The second-order valence-electron chi connectivity index (χ2n) is 4.00. The monoisotopic (exact) mass is 307 g/mol. The van der Waals surface area contributed by atoms with E-state index in [0.29, 0.717) is 18.2 Å². The van der Waals surface area contributed by atoms with E-state index < -0.39 is 22.9 Å². The Morgan fingerprint density at radius 2 is 1.74 bits per heavy atom. The fourth-order valence-electron chi connectivity index (χ4n) is 1.22. The van der Waals surface area contributed by atoms with E-state index in [4.69, 9.17) is 0 Å². The number of hydrogen-bond acceptors (Lipinski definition) is 2. The van der Waals surface area contributed by atoms with Crippen LogP contribution >= 0.6 is 0 Å². The van der Waals surface area contributed by atoms with Gasteiger partial charge in [0, 0.05) is 22.3 Å². The highest BCUT2D eigenvalue weighted by atomic mass is 32.2. The van der Waals surface area contributed by atoms with E-state index in [1.165, 1.54) is 0 Å². The van der Waals surface area contributed by atoms with E-state index in [1.54, 1.807) is 0 Å². The minimum atomic E-state index is -5.60. The summed E-state index contributed by atoms with van der Waals surface area (Å²) in [5.74, 6) is -4.83. The summed E-state index contributed by atoms with van der Waals surface area (Å²) in [4.78, 5) is 0. The van der Waals surface area contributed by atoms with Gasteiger partial charge in [0.1, 0.15) is 0 Å². The van der Waals surface area contributed by atoms with Gasteiger partial charge in [-0.2, -0.15) is 22.0 Å². The highest BCUT2D eigenvalue weighted by Crippen LogP contribution is 2.36. The fourth-order valence-corrected chi connectivity index (χ4v) is 2.23. The molecule has 0 fully saturated rings. The second kappa shape index (κ2) is 8.63. The number of hydrogen-bond donors (Lipinski definition) is 1. The van der Waals surface area contributed by atoms with Crippen molar-refractivity contribution in [3.63, 3.8) is 0 Å². The maximum Gasteiger partial charge on any atom is 0.457 e. The number of alkyl halides is 5. The molecule has 0 aromatic carbocycles. The first-order valence-corrected chi connectivity index (χ1v) is 7.31. The lowest BCUT2D eigenvalue weighted by molar-refractivity contribution is -0.259. The number of unbranched alkanes of at least 4 members (excludes halogenated alkanes) is 2. The van der Waals surface area contributed by atoms with Crippen LogP contribution in [0.3, 0.4) is 0 Å². The molecule has 0 heterocycles. The van der Waals surface area contributed by atoms with Crippen LogP contribution in [-0.4, -0.2) is 41.4 Å². The molecule has 0 saturated heterocycles. The van der Waals surface area contributed by atoms with Crippen molar-refractivity contribution in [3.8, 4) is 0 Å². The molecular weight excluding hydrogens is 289 g/mol. The predicted octanol–water partition coefficient (Wildman–Crippen LogP) is 2.88. The maximum absolute atomic E-state index is 12.5. The highest BCUT2D eigenvalue weighted by Gasteiger charge is 2.55. The van der Waals surface area contributed by atoms with Crippen molar-refractivity contribution < 1.29 is 26.2 Å². The summed E-state index contributed by atoms with van der Waals surface area (Å²) < 4.78 is 71.6. The average Bonchev–Trinajstić information content (AvgIpc) is 2.27. The number of allylic oxidation sites excluding steroid dienone is 1. The van der Waals surface area contributed by atoms with Crippen LogP contribution in [0.4, 0.5) is 22.0 Å². The Labute approximate surface area is 111 Å². The molecule has 0 aromatic heterocycles. The van der Waals surface area contributed by atoms with Gasteiger partial charge in [0.15, 0.2) is 0 Å². The third kappa shape index (κ3) is 8.30. The molecule has 0 aromatic rings. The third-order valence-corrected chi connectivity index (χ3v) is 3.59. The van der Waals surface area contributed by atoms with Crippen LogP contribution in [0.25, 0.3) is 0 Å². The molecule has 0 saturated carbocycles. The van der Waals surface area contributed by atoms with Gasteiger partial charge in [0.25, 0.3) is 0 Å². The Morgan fingerprint density at radius 1 is 1.11 bits per heavy atom.